The van der Waals surface area contributed by atoms with E-state index >= 15 is 0 Å². The minimum atomic E-state index is 0.218. The average Bonchev–Trinajstić information content (AvgIpc) is 2.83. The summed E-state index contributed by atoms with van der Waals surface area (Å²) in [5.41, 5.74) is 3.04. The van der Waals surface area contributed by atoms with Crippen LogP contribution in [0.2, 0.25) is 0 Å². The second-order valence-corrected chi connectivity index (χ2v) is 5.47. The van der Waals surface area contributed by atoms with Gasteiger partial charge in [0.15, 0.2) is 0 Å². The van der Waals surface area contributed by atoms with Gasteiger partial charge in [0.25, 0.3) is 0 Å². The van der Waals surface area contributed by atoms with Crippen LogP contribution in [0.5, 0.6) is 0 Å². The van der Waals surface area contributed by atoms with E-state index in [1.807, 2.05) is 11.3 Å². The smallest absolute Gasteiger partial charge is 0.220 e. The quantitative estimate of drug-likeness (QED) is 0.774. The maximum atomic E-state index is 11.2. The number of hydrogen-bond acceptors (Lipinski definition) is 2. The Balaban J connectivity index is 1.91. The van der Waals surface area contributed by atoms with E-state index in [-0.39, 0.29) is 5.91 Å². The van der Waals surface area contributed by atoms with Crippen LogP contribution in [0, 0.1) is 0 Å². The number of nitrogens with one attached hydrogen (secondary N) is 1. The van der Waals surface area contributed by atoms with Crippen LogP contribution in [-0.4, -0.2) is 12.5 Å². The molecule has 1 aromatic heterocycles. The van der Waals surface area contributed by atoms with E-state index < -0.39 is 0 Å². The molecule has 1 aliphatic carbocycles. The van der Waals surface area contributed by atoms with Crippen molar-refractivity contribution in [2.24, 2.45) is 0 Å². The summed E-state index contributed by atoms with van der Waals surface area (Å²) in [4.78, 5) is 12.8. The van der Waals surface area contributed by atoms with Gasteiger partial charge in [-0.25, -0.2) is 0 Å². The molecule has 0 radical (unpaired) electrons. The Morgan fingerprint density at radius 3 is 3.00 bits per heavy atom. The molecular formula is C12H15NOS. The van der Waals surface area contributed by atoms with Crippen molar-refractivity contribution in [2.75, 3.05) is 6.54 Å². The summed E-state index contributed by atoms with van der Waals surface area (Å²) in [5, 5.41) is 5.22. The van der Waals surface area contributed by atoms with Crippen LogP contribution in [-0.2, 0) is 17.6 Å². The molecule has 1 unspecified atom stereocenters. The minimum absolute atomic E-state index is 0.218. The predicted octanol–water partition coefficient (Wildman–Crippen LogP) is 2.23. The Kier molecular flexibility index (Phi) is 2.28. The molecule has 2 heterocycles. The Bertz CT molecular complexity index is 396. The number of aryl methyl sites for hydroxylation is 1. The molecule has 1 fully saturated rings. The van der Waals surface area contributed by atoms with Crippen LogP contribution in [0.1, 0.15) is 41.2 Å². The Morgan fingerprint density at radius 2 is 2.20 bits per heavy atom. The third kappa shape index (κ3) is 1.59. The topological polar surface area (TPSA) is 29.1 Å². The SMILES string of the molecule is O=C1CC(c2csc3c2CCCC3)CN1. The van der Waals surface area contributed by atoms with Crippen LogP contribution in [0.15, 0.2) is 5.38 Å². The fraction of sp³-hybridized carbons (Fsp3) is 0.583. The number of carbonyl (C=O) groups excluding carboxylic acids is 1. The maximum Gasteiger partial charge on any atom is 0.220 e. The molecular weight excluding hydrogens is 206 g/mol. The number of carbonyl (C=O) groups is 1. The first-order chi connectivity index (χ1) is 7.34. The van der Waals surface area contributed by atoms with E-state index in [2.05, 4.69) is 10.7 Å². The highest BCUT2D eigenvalue weighted by molar-refractivity contribution is 7.10. The van der Waals surface area contributed by atoms with Crippen molar-refractivity contribution in [3.8, 4) is 0 Å². The molecule has 2 nitrogen and oxygen atoms in total. The van der Waals surface area contributed by atoms with E-state index in [0.29, 0.717) is 12.3 Å². The highest BCUT2D eigenvalue weighted by atomic mass is 32.1. The summed E-state index contributed by atoms with van der Waals surface area (Å²) in [5.74, 6) is 0.673. The van der Waals surface area contributed by atoms with E-state index in [1.165, 1.54) is 31.2 Å². The highest BCUT2D eigenvalue weighted by Gasteiger charge is 2.27. The summed E-state index contributed by atoms with van der Waals surface area (Å²) in [6.45, 7) is 0.849. The van der Waals surface area contributed by atoms with E-state index in [9.17, 15) is 4.79 Å². The van der Waals surface area contributed by atoms with E-state index in [1.54, 1.807) is 10.4 Å². The number of rotatable bonds is 1. The molecule has 15 heavy (non-hydrogen) atoms. The summed E-state index contributed by atoms with van der Waals surface area (Å²) in [7, 11) is 0. The second kappa shape index (κ2) is 3.63. The molecule has 0 saturated carbocycles. The largest absolute Gasteiger partial charge is 0.355 e. The van der Waals surface area contributed by atoms with Gasteiger partial charge in [-0.3, -0.25) is 4.79 Å². The molecule has 80 valence electrons. The van der Waals surface area contributed by atoms with Crippen molar-refractivity contribution in [1.29, 1.82) is 0 Å². The zero-order valence-electron chi connectivity index (χ0n) is 8.71. The van der Waals surface area contributed by atoms with Gasteiger partial charge in [0.1, 0.15) is 0 Å². The van der Waals surface area contributed by atoms with Crippen LogP contribution in [0.25, 0.3) is 0 Å². The van der Waals surface area contributed by atoms with Crippen molar-refractivity contribution in [1.82, 2.24) is 5.32 Å². The highest BCUT2D eigenvalue weighted by Crippen LogP contribution is 2.36. The van der Waals surface area contributed by atoms with Gasteiger partial charge in [-0.1, -0.05) is 0 Å². The molecule has 1 saturated heterocycles. The summed E-state index contributed by atoms with van der Waals surface area (Å²) in [6.07, 6.45) is 5.86. The molecule has 0 bridgehead atoms. The molecule has 3 heteroatoms. The third-order valence-electron chi connectivity index (χ3n) is 3.51. The third-order valence-corrected chi connectivity index (χ3v) is 4.62. The first kappa shape index (κ1) is 9.40. The van der Waals surface area contributed by atoms with Crippen molar-refractivity contribution < 1.29 is 4.79 Å². The lowest BCUT2D eigenvalue weighted by molar-refractivity contribution is -0.119. The van der Waals surface area contributed by atoms with E-state index in [0.717, 1.165) is 6.54 Å². The predicted molar refractivity (Wildman–Crippen MR) is 61.3 cm³/mol. The molecule has 1 amide bonds. The molecule has 2 aliphatic rings. The number of amides is 1. The minimum Gasteiger partial charge on any atom is -0.355 e. The van der Waals surface area contributed by atoms with Gasteiger partial charge in [0, 0.05) is 23.8 Å². The summed E-state index contributed by atoms with van der Waals surface area (Å²) >= 11 is 1.90. The fourth-order valence-corrected chi connectivity index (χ4v) is 3.91. The molecule has 3 rings (SSSR count). The van der Waals surface area contributed by atoms with Gasteiger partial charge < -0.3 is 5.32 Å². The Labute approximate surface area is 93.7 Å². The molecule has 1 aromatic rings. The molecule has 0 aromatic carbocycles. The van der Waals surface area contributed by atoms with Crippen LogP contribution < -0.4 is 5.32 Å². The zero-order valence-corrected chi connectivity index (χ0v) is 9.53. The lowest BCUT2D eigenvalue weighted by Crippen LogP contribution is -2.13. The lowest BCUT2D eigenvalue weighted by Gasteiger charge is -2.15. The lowest BCUT2D eigenvalue weighted by atomic mass is 9.89. The molecule has 0 spiro atoms. The Hall–Kier alpha value is -0.830. The van der Waals surface area contributed by atoms with Crippen molar-refractivity contribution in [3.05, 3.63) is 21.4 Å². The standard InChI is InChI=1S/C12H15NOS/c14-12-5-8(6-13-12)10-7-15-11-4-2-1-3-9(10)11/h7-8H,1-6H2,(H,13,14). The van der Waals surface area contributed by atoms with Crippen LogP contribution in [0.4, 0.5) is 0 Å². The Morgan fingerprint density at radius 1 is 1.33 bits per heavy atom. The number of hydrogen-bond donors (Lipinski definition) is 1. The average molecular weight is 221 g/mol. The number of fused-ring (bicyclic) bond motifs is 1. The monoisotopic (exact) mass is 221 g/mol. The van der Waals surface area contributed by atoms with Gasteiger partial charge >= 0.3 is 0 Å². The van der Waals surface area contributed by atoms with Gasteiger partial charge in [0.2, 0.25) is 5.91 Å². The van der Waals surface area contributed by atoms with Crippen molar-refractivity contribution in [3.63, 3.8) is 0 Å². The molecule has 1 atom stereocenters. The van der Waals surface area contributed by atoms with Gasteiger partial charge in [-0.05, 0) is 42.2 Å². The first-order valence-electron chi connectivity index (χ1n) is 5.70. The second-order valence-electron chi connectivity index (χ2n) is 4.51. The molecule has 1 aliphatic heterocycles. The van der Waals surface area contributed by atoms with E-state index in [4.69, 9.17) is 0 Å². The van der Waals surface area contributed by atoms with Gasteiger partial charge in [0.05, 0.1) is 0 Å². The first-order valence-corrected chi connectivity index (χ1v) is 6.58. The fourth-order valence-electron chi connectivity index (χ4n) is 2.69. The van der Waals surface area contributed by atoms with Crippen LogP contribution >= 0.6 is 11.3 Å². The summed E-state index contributed by atoms with van der Waals surface area (Å²) in [6, 6.07) is 0. The van der Waals surface area contributed by atoms with Crippen molar-refractivity contribution >= 4 is 17.2 Å². The van der Waals surface area contributed by atoms with Gasteiger partial charge in [-0.2, -0.15) is 0 Å². The zero-order chi connectivity index (χ0) is 10.3. The van der Waals surface area contributed by atoms with Gasteiger partial charge in [-0.15, -0.1) is 11.3 Å². The summed E-state index contributed by atoms with van der Waals surface area (Å²) < 4.78 is 0. The number of thiophene rings is 1. The van der Waals surface area contributed by atoms with Crippen LogP contribution in [0.3, 0.4) is 0 Å². The molecule has 1 N–H and O–H groups in total. The normalized spacial score (nSPS) is 25.1. The maximum absolute atomic E-state index is 11.2. The van der Waals surface area contributed by atoms with Crippen molar-refractivity contribution in [2.45, 2.75) is 38.0 Å².